The van der Waals surface area contributed by atoms with Crippen molar-refractivity contribution in [3.8, 4) is 0 Å². The van der Waals surface area contributed by atoms with Gasteiger partial charge in [0, 0.05) is 21.0 Å². The number of benzene rings is 1. The molecular formula is C15H20O5. The Labute approximate surface area is 118 Å². The summed E-state index contributed by atoms with van der Waals surface area (Å²) < 4.78 is 15.5. The molecule has 1 aromatic rings. The summed E-state index contributed by atoms with van der Waals surface area (Å²) in [5, 5.41) is 0. The summed E-state index contributed by atoms with van der Waals surface area (Å²) in [6.07, 6.45) is -1.36. The molecule has 0 heterocycles. The molecule has 0 aliphatic rings. The van der Waals surface area contributed by atoms with Crippen LogP contribution >= 0.6 is 0 Å². The molecule has 0 spiro atoms. The summed E-state index contributed by atoms with van der Waals surface area (Å²) in [6, 6.07) is 7.50. The summed E-state index contributed by atoms with van der Waals surface area (Å²) >= 11 is 0. The minimum atomic E-state index is -0.683. The highest BCUT2D eigenvalue weighted by Crippen LogP contribution is 2.25. The highest BCUT2D eigenvalue weighted by atomic mass is 16.6. The van der Waals surface area contributed by atoms with Crippen LogP contribution in [-0.2, 0) is 23.8 Å². The standard InChI is InChI=1S/C15H20O5/c1-10-5-7-13(8-6-10)15(20-12(3)17)14(9-18-4)19-11(2)16/h5-8,14-15H,9H2,1-4H3/t14-,15+/m0/s1. The zero-order valence-corrected chi connectivity index (χ0v) is 12.2. The van der Waals surface area contributed by atoms with E-state index in [-0.39, 0.29) is 6.61 Å². The molecule has 0 amide bonds. The van der Waals surface area contributed by atoms with Crippen molar-refractivity contribution in [3.05, 3.63) is 35.4 Å². The molecule has 110 valence electrons. The van der Waals surface area contributed by atoms with Crippen molar-refractivity contribution in [2.45, 2.75) is 33.0 Å². The number of hydrogen-bond acceptors (Lipinski definition) is 5. The van der Waals surface area contributed by atoms with E-state index < -0.39 is 24.1 Å². The van der Waals surface area contributed by atoms with Crippen LogP contribution in [0.25, 0.3) is 0 Å². The highest BCUT2D eigenvalue weighted by Gasteiger charge is 2.28. The van der Waals surface area contributed by atoms with Gasteiger partial charge in [-0.2, -0.15) is 0 Å². The van der Waals surface area contributed by atoms with E-state index in [2.05, 4.69) is 0 Å². The van der Waals surface area contributed by atoms with Crippen LogP contribution in [-0.4, -0.2) is 31.8 Å². The second-order valence-corrected chi connectivity index (χ2v) is 4.54. The number of esters is 2. The normalized spacial score (nSPS) is 13.4. The predicted octanol–water partition coefficient (Wildman–Crippen LogP) is 2.18. The first-order valence-electron chi connectivity index (χ1n) is 6.34. The quantitative estimate of drug-likeness (QED) is 0.747. The Balaban J connectivity index is 3.03. The molecule has 0 unspecified atom stereocenters. The largest absolute Gasteiger partial charge is 0.456 e. The summed E-state index contributed by atoms with van der Waals surface area (Å²) in [5.41, 5.74) is 1.85. The van der Waals surface area contributed by atoms with Gasteiger partial charge in [-0.1, -0.05) is 29.8 Å². The fourth-order valence-corrected chi connectivity index (χ4v) is 1.85. The molecule has 0 bridgehead atoms. The zero-order valence-electron chi connectivity index (χ0n) is 12.2. The lowest BCUT2D eigenvalue weighted by Crippen LogP contribution is -2.31. The highest BCUT2D eigenvalue weighted by molar-refractivity contribution is 5.67. The third-order valence-corrected chi connectivity index (χ3v) is 2.68. The van der Waals surface area contributed by atoms with E-state index in [4.69, 9.17) is 14.2 Å². The average Bonchev–Trinajstić information content (AvgIpc) is 2.36. The van der Waals surface area contributed by atoms with Crippen molar-refractivity contribution in [2.24, 2.45) is 0 Å². The molecule has 0 aliphatic heterocycles. The Bertz CT molecular complexity index is 452. The first-order valence-corrected chi connectivity index (χ1v) is 6.34. The van der Waals surface area contributed by atoms with Crippen molar-refractivity contribution in [2.75, 3.05) is 13.7 Å². The van der Waals surface area contributed by atoms with Crippen molar-refractivity contribution in [1.29, 1.82) is 0 Å². The zero-order chi connectivity index (χ0) is 15.1. The van der Waals surface area contributed by atoms with Crippen LogP contribution in [0.2, 0.25) is 0 Å². The maximum absolute atomic E-state index is 11.3. The molecule has 20 heavy (non-hydrogen) atoms. The number of carbonyl (C=O) groups is 2. The lowest BCUT2D eigenvalue weighted by Gasteiger charge is -2.26. The Morgan fingerprint density at radius 1 is 1.05 bits per heavy atom. The average molecular weight is 280 g/mol. The Hall–Kier alpha value is -1.88. The van der Waals surface area contributed by atoms with Crippen molar-refractivity contribution in [3.63, 3.8) is 0 Å². The number of carbonyl (C=O) groups excluding carboxylic acids is 2. The molecule has 1 rings (SSSR count). The summed E-state index contributed by atoms with van der Waals surface area (Å²) in [6.45, 7) is 4.73. The molecule has 2 atom stereocenters. The van der Waals surface area contributed by atoms with E-state index in [9.17, 15) is 9.59 Å². The fourth-order valence-electron chi connectivity index (χ4n) is 1.85. The molecule has 1 aromatic carbocycles. The summed E-state index contributed by atoms with van der Waals surface area (Å²) in [7, 11) is 1.50. The van der Waals surface area contributed by atoms with Gasteiger partial charge in [0.1, 0.15) is 0 Å². The number of aryl methyl sites for hydroxylation is 1. The molecule has 5 nitrogen and oxygen atoms in total. The van der Waals surface area contributed by atoms with E-state index in [0.717, 1.165) is 11.1 Å². The summed E-state index contributed by atoms with van der Waals surface area (Å²) in [4.78, 5) is 22.5. The monoisotopic (exact) mass is 280 g/mol. The maximum atomic E-state index is 11.3. The third-order valence-electron chi connectivity index (χ3n) is 2.68. The molecular weight excluding hydrogens is 260 g/mol. The van der Waals surface area contributed by atoms with Crippen LogP contribution in [0.3, 0.4) is 0 Å². The van der Waals surface area contributed by atoms with E-state index >= 15 is 0 Å². The number of methoxy groups -OCH3 is 1. The third kappa shape index (κ3) is 5.01. The number of rotatable bonds is 6. The molecule has 0 fully saturated rings. The van der Waals surface area contributed by atoms with Crippen LogP contribution in [0.4, 0.5) is 0 Å². The van der Waals surface area contributed by atoms with Crippen LogP contribution in [0, 0.1) is 6.92 Å². The van der Waals surface area contributed by atoms with Gasteiger partial charge in [-0.3, -0.25) is 9.59 Å². The van der Waals surface area contributed by atoms with E-state index in [0.29, 0.717) is 0 Å². The van der Waals surface area contributed by atoms with Gasteiger partial charge in [0.05, 0.1) is 6.61 Å². The first kappa shape index (κ1) is 16.2. The Morgan fingerprint density at radius 2 is 1.60 bits per heavy atom. The molecule has 0 N–H and O–H groups in total. The van der Waals surface area contributed by atoms with E-state index in [1.807, 2.05) is 31.2 Å². The van der Waals surface area contributed by atoms with Crippen molar-refractivity contribution in [1.82, 2.24) is 0 Å². The van der Waals surface area contributed by atoms with Gasteiger partial charge >= 0.3 is 11.9 Å². The van der Waals surface area contributed by atoms with Gasteiger partial charge in [0.25, 0.3) is 0 Å². The Morgan fingerprint density at radius 3 is 2.05 bits per heavy atom. The van der Waals surface area contributed by atoms with Gasteiger partial charge in [-0.05, 0) is 12.5 Å². The van der Waals surface area contributed by atoms with Crippen LogP contribution < -0.4 is 0 Å². The SMILES string of the molecule is COC[C@H](OC(C)=O)[C@H](OC(C)=O)c1ccc(C)cc1. The van der Waals surface area contributed by atoms with Crippen molar-refractivity contribution < 1.29 is 23.8 Å². The first-order chi connectivity index (χ1) is 9.43. The van der Waals surface area contributed by atoms with Crippen LogP contribution in [0.1, 0.15) is 31.1 Å². The van der Waals surface area contributed by atoms with Gasteiger partial charge < -0.3 is 14.2 Å². The molecule has 0 radical (unpaired) electrons. The second kappa shape index (κ2) is 7.65. The minimum Gasteiger partial charge on any atom is -0.456 e. The lowest BCUT2D eigenvalue weighted by atomic mass is 10.0. The predicted molar refractivity (Wildman–Crippen MR) is 73.1 cm³/mol. The topological polar surface area (TPSA) is 61.8 Å². The van der Waals surface area contributed by atoms with Crippen LogP contribution in [0.15, 0.2) is 24.3 Å². The molecule has 0 saturated carbocycles. The minimum absolute atomic E-state index is 0.144. The molecule has 0 aromatic heterocycles. The van der Waals surface area contributed by atoms with Gasteiger partial charge in [-0.25, -0.2) is 0 Å². The maximum Gasteiger partial charge on any atom is 0.303 e. The van der Waals surface area contributed by atoms with Crippen LogP contribution in [0.5, 0.6) is 0 Å². The number of hydrogen-bond donors (Lipinski definition) is 0. The van der Waals surface area contributed by atoms with E-state index in [1.165, 1.54) is 21.0 Å². The van der Waals surface area contributed by atoms with E-state index in [1.54, 1.807) is 0 Å². The lowest BCUT2D eigenvalue weighted by molar-refractivity contribution is -0.170. The molecule has 5 heteroatoms. The second-order valence-electron chi connectivity index (χ2n) is 4.54. The van der Waals surface area contributed by atoms with Gasteiger partial charge in [0.2, 0.25) is 0 Å². The van der Waals surface area contributed by atoms with Crippen molar-refractivity contribution >= 4 is 11.9 Å². The molecule has 0 saturated heterocycles. The smallest absolute Gasteiger partial charge is 0.303 e. The van der Waals surface area contributed by atoms with Gasteiger partial charge in [0.15, 0.2) is 12.2 Å². The van der Waals surface area contributed by atoms with Gasteiger partial charge in [-0.15, -0.1) is 0 Å². The molecule has 0 aliphatic carbocycles. The summed E-state index contributed by atoms with van der Waals surface area (Å²) in [5.74, 6) is -0.889. The number of ether oxygens (including phenoxy) is 3. The Kier molecular flexibility index (Phi) is 6.18. The fraction of sp³-hybridized carbons (Fsp3) is 0.467.